The molecule has 1 aromatic heterocycles. The molecule has 1 heterocycles. The van der Waals surface area contributed by atoms with Gasteiger partial charge in [0.05, 0.1) is 45.2 Å². The number of methoxy groups -OCH3 is 2. The molecule has 8 heteroatoms. The molecule has 6 aliphatic carbocycles. The molecule has 1 amide bonds. The Labute approximate surface area is 329 Å². The highest BCUT2D eigenvalue weighted by molar-refractivity contribution is 6.08. The minimum atomic E-state index is -1.22. The zero-order chi connectivity index (χ0) is 39.1. The fourth-order valence-electron chi connectivity index (χ4n) is 12.6. The van der Waals surface area contributed by atoms with Crippen molar-refractivity contribution in [3.8, 4) is 11.5 Å². The van der Waals surface area contributed by atoms with Gasteiger partial charge in [-0.3, -0.25) is 9.59 Å². The van der Waals surface area contributed by atoms with Crippen LogP contribution in [0.4, 0.5) is 0 Å². The number of carbonyl (C=O) groups excluding carboxylic acids is 2. The lowest BCUT2D eigenvalue weighted by Crippen LogP contribution is -2.67. The Morgan fingerprint density at radius 3 is 2.39 bits per heavy atom. The molecule has 3 saturated carbocycles. The second-order valence-electron chi connectivity index (χ2n) is 17.9. The van der Waals surface area contributed by atoms with E-state index >= 15 is 0 Å². The van der Waals surface area contributed by atoms with Gasteiger partial charge in [-0.2, -0.15) is 0 Å². The fraction of sp³-hybridized carbons (Fsp3) is 0.458. The Balaban J connectivity index is 1.11. The van der Waals surface area contributed by atoms with Crippen LogP contribution in [0.25, 0.3) is 10.8 Å². The molecule has 292 valence electrons. The minimum absolute atomic E-state index is 0.0532. The van der Waals surface area contributed by atoms with Crippen LogP contribution in [0.15, 0.2) is 107 Å². The lowest BCUT2D eigenvalue weighted by Gasteiger charge is -2.71. The van der Waals surface area contributed by atoms with Crippen LogP contribution in [0.1, 0.15) is 80.5 Å². The number of Topliss-reactive ketones (excluding diaryl/α,β-unsaturated/α-hetero) is 1. The topological polar surface area (TPSA) is 109 Å². The van der Waals surface area contributed by atoms with E-state index in [1.54, 1.807) is 32.6 Å². The van der Waals surface area contributed by atoms with Crippen molar-refractivity contribution in [2.45, 2.75) is 83.5 Å². The van der Waals surface area contributed by atoms with E-state index < -0.39 is 27.9 Å². The number of rotatable bonds is 10. The number of ether oxygens (including phenoxy) is 2. The summed E-state index contributed by atoms with van der Waals surface area (Å²) in [6.07, 6.45) is 13.1. The van der Waals surface area contributed by atoms with Gasteiger partial charge >= 0.3 is 0 Å². The van der Waals surface area contributed by atoms with E-state index in [2.05, 4.69) is 56.3 Å². The van der Waals surface area contributed by atoms with Gasteiger partial charge < -0.3 is 29.0 Å². The van der Waals surface area contributed by atoms with E-state index in [1.807, 2.05) is 41.3 Å². The highest BCUT2D eigenvalue weighted by Gasteiger charge is 2.74. The standard InChI is InChI=1S/C48H53NO7/c1-44-19-16-34(50)27-46(44)22-23-48(36(28-46)43(52)38-13-8-24-56-38)40(44)17-20-45(2)41(48)18-21-47(45,53)30-49(29-33-11-7-10-32-9-5-6-12-35(32)33)42(51)26-31-14-15-37(54-3)39(25-31)55-4/h5-15,22-25,28,34,40-41,50,53H,16-21,26-27,29-30H2,1-4H3/t34?,40-,41-,44-,45+,46+,47-,48-/m1/s1. The first-order valence-corrected chi connectivity index (χ1v) is 20.3. The van der Waals surface area contributed by atoms with Crippen LogP contribution >= 0.6 is 0 Å². The summed E-state index contributed by atoms with van der Waals surface area (Å²) in [5.41, 5.74) is -0.457. The van der Waals surface area contributed by atoms with Crippen LogP contribution in [0.2, 0.25) is 0 Å². The zero-order valence-electron chi connectivity index (χ0n) is 32.9. The van der Waals surface area contributed by atoms with Crippen molar-refractivity contribution in [1.29, 1.82) is 0 Å². The largest absolute Gasteiger partial charge is 0.493 e. The first kappa shape index (κ1) is 36.9. The van der Waals surface area contributed by atoms with E-state index in [4.69, 9.17) is 13.9 Å². The van der Waals surface area contributed by atoms with E-state index in [0.29, 0.717) is 43.1 Å². The van der Waals surface area contributed by atoms with Crippen molar-refractivity contribution in [3.63, 3.8) is 0 Å². The molecule has 3 fully saturated rings. The summed E-state index contributed by atoms with van der Waals surface area (Å²) in [4.78, 5) is 31.2. The zero-order valence-corrected chi connectivity index (χ0v) is 32.9. The SMILES string of the molecule is COc1ccc(CC(=O)N(Cc2cccc3ccccc23)C[C@]2(O)CC[C@H]3[C@]45C=C[C@@]6(C=C4C(=O)c4ccco4)CC(O)CC[C@]6(C)[C@H]5CC[C@@]32C)cc1OC. The molecule has 0 aliphatic heterocycles. The van der Waals surface area contributed by atoms with E-state index in [9.17, 15) is 19.8 Å². The van der Waals surface area contributed by atoms with Crippen LogP contribution in [0, 0.1) is 33.5 Å². The number of aliphatic hydroxyl groups is 2. The van der Waals surface area contributed by atoms with Crippen LogP contribution in [-0.2, 0) is 17.8 Å². The van der Waals surface area contributed by atoms with Crippen molar-refractivity contribution in [3.05, 3.63) is 120 Å². The van der Waals surface area contributed by atoms with E-state index in [-0.39, 0.29) is 41.9 Å². The van der Waals surface area contributed by atoms with Crippen molar-refractivity contribution < 1.29 is 33.7 Å². The molecule has 1 unspecified atom stereocenters. The smallest absolute Gasteiger partial charge is 0.227 e. The number of allylic oxidation sites excluding steroid dienone is 4. The maximum atomic E-state index is 14.7. The van der Waals surface area contributed by atoms with Crippen LogP contribution in [0.5, 0.6) is 11.5 Å². The summed E-state index contributed by atoms with van der Waals surface area (Å²) >= 11 is 0. The second kappa shape index (κ2) is 13.2. The van der Waals surface area contributed by atoms with Gasteiger partial charge in [-0.15, -0.1) is 0 Å². The van der Waals surface area contributed by atoms with Crippen LogP contribution in [0.3, 0.4) is 0 Å². The highest BCUT2D eigenvalue weighted by atomic mass is 16.5. The number of hydrogen-bond acceptors (Lipinski definition) is 7. The predicted octanol–water partition coefficient (Wildman–Crippen LogP) is 8.50. The van der Waals surface area contributed by atoms with Crippen molar-refractivity contribution in [2.75, 3.05) is 20.8 Å². The molecule has 0 saturated heterocycles. The van der Waals surface area contributed by atoms with Gasteiger partial charge in [-0.05, 0) is 108 Å². The molecule has 8 atom stereocenters. The Bertz CT molecular complexity index is 2250. The van der Waals surface area contributed by atoms with E-state index in [0.717, 1.165) is 53.2 Å². The van der Waals surface area contributed by atoms with Gasteiger partial charge in [0.2, 0.25) is 11.7 Å². The van der Waals surface area contributed by atoms with Gasteiger partial charge in [0.15, 0.2) is 17.3 Å². The van der Waals surface area contributed by atoms with Gasteiger partial charge in [-0.1, -0.05) is 80.6 Å². The Morgan fingerprint density at radius 1 is 0.857 bits per heavy atom. The van der Waals surface area contributed by atoms with Crippen LogP contribution < -0.4 is 9.47 Å². The van der Waals surface area contributed by atoms with Gasteiger partial charge in [0.1, 0.15) is 0 Å². The summed E-state index contributed by atoms with van der Waals surface area (Å²) in [6, 6.07) is 23.5. The quantitative estimate of drug-likeness (QED) is 0.123. The lowest BCUT2D eigenvalue weighted by atomic mass is 9.32. The molecule has 56 heavy (non-hydrogen) atoms. The van der Waals surface area contributed by atoms with Gasteiger partial charge in [-0.25, -0.2) is 0 Å². The molecule has 6 aliphatic rings. The third kappa shape index (κ3) is 5.24. The van der Waals surface area contributed by atoms with Crippen molar-refractivity contribution in [2.24, 2.45) is 33.5 Å². The average molecular weight is 756 g/mol. The summed E-state index contributed by atoms with van der Waals surface area (Å²) in [5.74, 6) is 1.40. The number of carbonyl (C=O) groups is 2. The Kier molecular flexibility index (Phi) is 8.71. The normalized spacial score (nSPS) is 34.0. The summed E-state index contributed by atoms with van der Waals surface area (Å²) < 4.78 is 16.8. The number of benzene rings is 3. The molecule has 8 nitrogen and oxygen atoms in total. The number of hydrogen-bond donors (Lipinski definition) is 2. The van der Waals surface area contributed by atoms with Crippen LogP contribution in [-0.4, -0.2) is 59.3 Å². The molecular weight excluding hydrogens is 703 g/mol. The molecule has 2 N–H and O–H groups in total. The number of aliphatic hydroxyl groups excluding tert-OH is 1. The third-order valence-electron chi connectivity index (χ3n) is 15.6. The monoisotopic (exact) mass is 755 g/mol. The molecule has 4 aromatic rings. The first-order valence-electron chi connectivity index (χ1n) is 20.3. The molecule has 10 rings (SSSR count). The fourth-order valence-corrected chi connectivity index (χ4v) is 12.6. The predicted molar refractivity (Wildman–Crippen MR) is 214 cm³/mol. The highest BCUT2D eigenvalue weighted by Crippen LogP contribution is 2.78. The summed E-state index contributed by atoms with van der Waals surface area (Å²) in [5, 5.41) is 26.5. The second-order valence-corrected chi connectivity index (χ2v) is 17.9. The number of ketones is 1. The van der Waals surface area contributed by atoms with Gasteiger partial charge in [0.25, 0.3) is 0 Å². The molecule has 2 spiro atoms. The lowest BCUT2D eigenvalue weighted by molar-refractivity contribution is -0.178. The Hall–Kier alpha value is -4.66. The van der Waals surface area contributed by atoms with Gasteiger partial charge in [0, 0.05) is 28.4 Å². The molecule has 0 radical (unpaired) electrons. The molecule has 2 bridgehead atoms. The number of amides is 1. The average Bonchev–Trinajstić information content (AvgIpc) is 3.84. The third-order valence-corrected chi connectivity index (χ3v) is 15.6. The minimum Gasteiger partial charge on any atom is -0.493 e. The number of furan rings is 1. The molecular formula is C48H53NO7. The first-order chi connectivity index (χ1) is 26.9. The molecule has 3 aromatic carbocycles. The maximum Gasteiger partial charge on any atom is 0.227 e. The van der Waals surface area contributed by atoms with Crippen molar-refractivity contribution in [1.82, 2.24) is 4.90 Å². The van der Waals surface area contributed by atoms with Crippen molar-refractivity contribution >= 4 is 22.5 Å². The Morgan fingerprint density at radius 2 is 1.61 bits per heavy atom. The maximum absolute atomic E-state index is 14.7. The number of fused-ring (bicyclic) bond motifs is 2. The summed E-state index contributed by atoms with van der Waals surface area (Å²) in [7, 11) is 3.18. The number of nitrogens with zero attached hydrogens (tertiary/aromatic N) is 1. The summed E-state index contributed by atoms with van der Waals surface area (Å²) in [6.45, 7) is 5.11. The van der Waals surface area contributed by atoms with E-state index in [1.165, 1.54) is 0 Å².